The van der Waals surface area contributed by atoms with Gasteiger partial charge in [0.2, 0.25) is 5.91 Å². The second-order valence-corrected chi connectivity index (χ2v) is 22.5. The van der Waals surface area contributed by atoms with Crippen LogP contribution in [0.25, 0.3) is 32.9 Å². The number of phenols is 1. The molecule has 7 aliphatic rings. The number of nitrogens with zero attached hydrogens (tertiary/aromatic N) is 7. The highest BCUT2D eigenvalue weighted by Gasteiger charge is 2.54. The summed E-state index contributed by atoms with van der Waals surface area (Å²) >= 11 is 0. The molecule has 5 aromatic rings. The molecule has 4 atom stereocenters. The normalized spacial score (nSPS) is 25.7. The van der Waals surface area contributed by atoms with E-state index < -0.39 is 40.9 Å². The third kappa shape index (κ3) is 8.90. The number of carbonyl (C=O) groups is 2. The van der Waals surface area contributed by atoms with Gasteiger partial charge >= 0.3 is 6.01 Å². The molecular formula is C55H63F4N9O4. The number of benzene rings is 3. The Morgan fingerprint density at radius 1 is 0.889 bits per heavy atom. The maximum atomic E-state index is 17.2. The van der Waals surface area contributed by atoms with Crippen molar-refractivity contribution < 1.29 is 37.0 Å². The standard InChI is InChI=1S/C55H63F4N9O4/c1-2-34-4-3-5-35-19-39(70)22-40(45(34)35)48-47(58)49-42(24-60-48)50(68-25-36-6-7-37(26-68)62-36)64-52(63-49)72-32-54(8-9-54)30-66-28-53(29-66)10-12-55(59,13-11-53)31-65-14-16-67(17-15-65)38-20-43(56)46(44(57)21-38)41-18-33(27-69)23-61-51(41)71/h3-5,19-22,24,27,33,36-37,41,62,70H,2,6-18,23,25-26,28-32H2,1H3,(H,61,71). The van der Waals surface area contributed by atoms with Crippen molar-refractivity contribution in [3.8, 4) is 23.0 Å². The number of fused-ring (bicyclic) bond motifs is 4. The molecule has 1 spiro atoms. The number of rotatable bonds is 13. The second-order valence-electron chi connectivity index (χ2n) is 22.5. The molecule has 2 aromatic heterocycles. The summed E-state index contributed by atoms with van der Waals surface area (Å²) in [6, 6.07) is 12.5. The molecule has 3 N–H and O–H groups in total. The zero-order valence-electron chi connectivity index (χ0n) is 40.9. The Morgan fingerprint density at radius 3 is 2.32 bits per heavy atom. The van der Waals surface area contributed by atoms with Gasteiger partial charge in [-0.2, -0.15) is 9.97 Å². The number of nitrogens with one attached hydrogen (secondary N) is 2. The first kappa shape index (κ1) is 47.4. The Morgan fingerprint density at radius 2 is 1.62 bits per heavy atom. The summed E-state index contributed by atoms with van der Waals surface area (Å²) in [6.45, 7) is 9.27. The van der Waals surface area contributed by atoms with E-state index in [1.54, 1.807) is 18.3 Å². The van der Waals surface area contributed by atoms with Gasteiger partial charge in [0.1, 0.15) is 46.4 Å². The SMILES string of the molecule is CCc1cccc2cc(O)cc(-c3ncc4c(N5CC6CCC(C5)N6)nc(OCC5(CN6CC7(CCC(F)(CN8CCN(c9cc(F)c(C%10CC(C=O)CNC%10=O)c(F)c9)CC8)CC7)C6)CC5)nc4c3F)c12. The van der Waals surface area contributed by atoms with Gasteiger partial charge in [0.25, 0.3) is 0 Å². The highest BCUT2D eigenvalue weighted by Crippen LogP contribution is 2.53. The quantitative estimate of drug-likeness (QED) is 0.0798. The van der Waals surface area contributed by atoms with E-state index >= 15 is 17.6 Å². The number of pyridine rings is 1. The Kier molecular flexibility index (Phi) is 12.1. The van der Waals surface area contributed by atoms with E-state index in [2.05, 4.69) is 32.3 Å². The van der Waals surface area contributed by atoms with Gasteiger partial charge < -0.3 is 40.0 Å². The number of likely N-dealkylation sites (tertiary alicyclic amines) is 1. The van der Waals surface area contributed by atoms with Gasteiger partial charge in [-0.3, -0.25) is 14.7 Å². The number of piperazine rings is 2. The minimum atomic E-state index is -1.30. The number of aldehydes is 1. The summed E-state index contributed by atoms with van der Waals surface area (Å²) < 4.78 is 71.1. The predicted octanol–water partition coefficient (Wildman–Crippen LogP) is 7.46. The van der Waals surface area contributed by atoms with Gasteiger partial charge in [0, 0.05) is 118 Å². The van der Waals surface area contributed by atoms with E-state index in [9.17, 15) is 14.7 Å². The highest BCUT2D eigenvalue weighted by atomic mass is 19.1. The number of anilines is 2. The molecule has 7 fully saturated rings. The van der Waals surface area contributed by atoms with Gasteiger partial charge in [-0.05, 0) is 110 Å². The lowest BCUT2D eigenvalue weighted by molar-refractivity contribution is -0.126. The van der Waals surface area contributed by atoms with Gasteiger partial charge in [0.05, 0.1) is 17.9 Å². The fraction of sp³-hybridized carbons (Fsp3) is 0.545. The molecule has 3 aromatic carbocycles. The first-order chi connectivity index (χ1) is 34.8. The van der Waals surface area contributed by atoms with Crippen LogP contribution in [0.15, 0.2) is 48.7 Å². The summed E-state index contributed by atoms with van der Waals surface area (Å²) in [6.07, 6.45) is 9.99. The van der Waals surface area contributed by atoms with Crippen molar-refractivity contribution in [2.75, 3.05) is 88.4 Å². The number of aryl methyl sites for hydroxylation is 1. The number of ether oxygens (including phenoxy) is 1. The van der Waals surface area contributed by atoms with Gasteiger partial charge in [-0.1, -0.05) is 25.1 Å². The molecule has 2 saturated carbocycles. The minimum Gasteiger partial charge on any atom is -0.508 e. The van der Waals surface area contributed by atoms with Crippen LogP contribution < -0.4 is 25.2 Å². The Hall–Kier alpha value is -5.65. The summed E-state index contributed by atoms with van der Waals surface area (Å²) in [5, 5.41) is 19.2. The second kappa shape index (κ2) is 18.4. The zero-order valence-corrected chi connectivity index (χ0v) is 40.9. The average molecular weight is 990 g/mol. The van der Waals surface area contributed by atoms with Crippen LogP contribution in [0.4, 0.5) is 29.1 Å². The molecule has 2 bridgehead atoms. The number of aromatic nitrogens is 3. The number of hydrogen-bond acceptors (Lipinski definition) is 12. The Bertz CT molecular complexity index is 2900. The Labute approximate surface area is 416 Å². The molecule has 380 valence electrons. The summed E-state index contributed by atoms with van der Waals surface area (Å²) in [5.74, 6) is -3.55. The number of carbonyl (C=O) groups excluding carboxylic acids is 2. The van der Waals surface area contributed by atoms with Crippen LogP contribution in [0.1, 0.15) is 81.8 Å². The summed E-state index contributed by atoms with van der Waals surface area (Å²) in [4.78, 5) is 47.1. The molecule has 13 nitrogen and oxygen atoms in total. The largest absolute Gasteiger partial charge is 0.508 e. The van der Waals surface area contributed by atoms with Crippen LogP contribution in [-0.2, 0) is 16.0 Å². The van der Waals surface area contributed by atoms with E-state index in [0.717, 1.165) is 94.0 Å². The number of alkyl halides is 1. The number of amides is 1. The molecule has 7 heterocycles. The molecule has 1 amide bonds. The molecule has 17 heteroatoms. The summed E-state index contributed by atoms with van der Waals surface area (Å²) in [5.41, 5.74) is 0.636. The molecule has 5 aliphatic heterocycles. The van der Waals surface area contributed by atoms with Crippen molar-refractivity contribution >= 4 is 45.4 Å². The van der Waals surface area contributed by atoms with Crippen molar-refractivity contribution in [2.45, 2.75) is 94.8 Å². The van der Waals surface area contributed by atoms with E-state index in [1.807, 2.05) is 23.1 Å². The first-order valence-electron chi connectivity index (χ1n) is 26.1. The van der Waals surface area contributed by atoms with E-state index in [-0.39, 0.29) is 52.3 Å². The highest BCUT2D eigenvalue weighted by molar-refractivity contribution is 6.01. The van der Waals surface area contributed by atoms with E-state index in [4.69, 9.17) is 19.7 Å². The Balaban J connectivity index is 0.673. The van der Waals surface area contributed by atoms with Crippen LogP contribution in [-0.4, -0.2) is 138 Å². The molecule has 4 unspecified atom stereocenters. The zero-order chi connectivity index (χ0) is 49.5. The lowest BCUT2D eigenvalue weighted by atomic mass is 9.64. The average Bonchev–Trinajstić information content (AvgIpc) is 4.06. The number of aromatic hydroxyl groups is 1. The fourth-order valence-corrected chi connectivity index (χ4v) is 13.2. The van der Waals surface area contributed by atoms with Gasteiger partial charge in [-0.15, -0.1) is 0 Å². The van der Waals surface area contributed by atoms with Gasteiger partial charge in [0.15, 0.2) is 5.82 Å². The van der Waals surface area contributed by atoms with Crippen molar-refractivity contribution in [3.05, 3.63) is 77.2 Å². The van der Waals surface area contributed by atoms with Crippen LogP contribution >= 0.6 is 0 Å². The number of hydrogen-bond donors (Lipinski definition) is 3. The topological polar surface area (TPSA) is 139 Å². The molecule has 12 rings (SSSR count). The molecule has 0 radical (unpaired) electrons. The molecule has 2 aliphatic carbocycles. The van der Waals surface area contributed by atoms with Gasteiger partial charge in [-0.25, -0.2) is 17.6 Å². The maximum Gasteiger partial charge on any atom is 0.319 e. The number of phenolic OH excluding ortho intramolecular Hbond substituents is 1. The number of halogens is 4. The van der Waals surface area contributed by atoms with Crippen molar-refractivity contribution in [3.63, 3.8) is 0 Å². The van der Waals surface area contributed by atoms with Crippen LogP contribution in [0.5, 0.6) is 11.8 Å². The molecule has 5 saturated heterocycles. The fourth-order valence-electron chi connectivity index (χ4n) is 13.2. The monoisotopic (exact) mass is 989 g/mol. The van der Waals surface area contributed by atoms with Crippen LogP contribution in [0.2, 0.25) is 0 Å². The third-order valence-corrected chi connectivity index (χ3v) is 17.4. The minimum absolute atomic E-state index is 0.0346. The lowest BCUT2D eigenvalue weighted by Gasteiger charge is -2.55. The van der Waals surface area contributed by atoms with E-state index in [0.29, 0.717) is 93.0 Å². The van der Waals surface area contributed by atoms with E-state index in [1.165, 1.54) is 12.1 Å². The summed E-state index contributed by atoms with van der Waals surface area (Å²) in [7, 11) is 0. The van der Waals surface area contributed by atoms with Crippen molar-refractivity contribution in [1.82, 2.24) is 35.4 Å². The van der Waals surface area contributed by atoms with Crippen LogP contribution in [0, 0.1) is 34.2 Å². The van der Waals surface area contributed by atoms with Crippen molar-refractivity contribution in [2.24, 2.45) is 16.7 Å². The van der Waals surface area contributed by atoms with Crippen molar-refractivity contribution in [1.29, 1.82) is 0 Å². The lowest BCUT2D eigenvalue weighted by Crippen LogP contribution is -2.61. The third-order valence-electron chi connectivity index (χ3n) is 17.4. The first-order valence-corrected chi connectivity index (χ1v) is 26.1. The predicted molar refractivity (Wildman–Crippen MR) is 267 cm³/mol. The molecule has 72 heavy (non-hydrogen) atoms. The number of piperidine rings is 1. The smallest absolute Gasteiger partial charge is 0.319 e. The molecular weight excluding hydrogens is 927 g/mol. The maximum absolute atomic E-state index is 17.2. The van der Waals surface area contributed by atoms with Crippen LogP contribution in [0.3, 0.4) is 0 Å².